The van der Waals surface area contributed by atoms with Gasteiger partial charge in [-0.15, -0.1) is 0 Å². The van der Waals surface area contributed by atoms with Crippen LogP contribution < -0.4 is 0 Å². The number of para-hydroxylation sites is 5. The Labute approximate surface area is 384 Å². The van der Waals surface area contributed by atoms with E-state index in [1.54, 1.807) is 0 Å². The molecule has 0 N–H and O–H groups in total. The van der Waals surface area contributed by atoms with Crippen LogP contribution in [0.15, 0.2) is 229 Å². The molecule has 0 aliphatic rings. The van der Waals surface area contributed by atoms with Gasteiger partial charge in [0, 0.05) is 43.7 Å². The summed E-state index contributed by atoms with van der Waals surface area (Å²) in [5.74, 6) is 1.66. The molecule has 0 aliphatic carbocycles. The summed E-state index contributed by atoms with van der Waals surface area (Å²) < 4.78 is 11.7. The fourth-order valence-corrected chi connectivity index (χ4v) is 10.3. The molecule has 0 saturated carbocycles. The normalized spacial score (nSPS) is 11.9. The highest BCUT2D eigenvalue weighted by Gasteiger charge is 2.25. The van der Waals surface area contributed by atoms with Crippen molar-refractivity contribution in [3.63, 3.8) is 0 Å². The lowest BCUT2D eigenvalue weighted by atomic mass is 10.0. The SMILES string of the molecule is c1ccc(-c2cccc(-c3nc(-c4ccc(-n5c6ccccc6c6cc7ccccc7cc65)c5c4oc4ccccc45)nc(-c4cccc5c6ccccc6n(-c6ccccc6)c45)n3)c2)cc1. The van der Waals surface area contributed by atoms with Crippen LogP contribution >= 0.6 is 0 Å². The average Bonchev–Trinajstić information content (AvgIpc) is 4.06. The highest BCUT2D eigenvalue weighted by molar-refractivity contribution is 6.18. The third-order valence-electron chi connectivity index (χ3n) is 13.3. The Bertz CT molecular complexity index is 4280. The van der Waals surface area contributed by atoms with Crippen molar-refractivity contribution in [2.24, 2.45) is 0 Å². The molecule has 0 amide bonds. The Morgan fingerprint density at radius 3 is 1.73 bits per heavy atom. The van der Waals surface area contributed by atoms with Gasteiger partial charge in [0.05, 0.1) is 38.7 Å². The van der Waals surface area contributed by atoms with E-state index < -0.39 is 0 Å². The summed E-state index contributed by atoms with van der Waals surface area (Å²) in [6.45, 7) is 0. The number of rotatable bonds is 6. The third kappa shape index (κ3) is 5.80. The molecule has 0 spiro atoms. The molecule has 0 aliphatic heterocycles. The van der Waals surface area contributed by atoms with Crippen LogP contribution in [-0.2, 0) is 0 Å². The highest BCUT2D eigenvalue weighted by atomic mass is 16.3. The van der Waals surface area contributed by atoms with Gasteiger partial charge in [-0.2, -0.15) is 0 Å². The minimum atomic E-state index is 0.522. The van der Waals surface area contributed by atoms with Crippen molar-refractivity contribution in [1.82, 2.24) is 24.1 Å². The maximum absolute atomic E-state index is 7.01. The summed E-state index contributed by atoms with van der Waals surface area (Å²) >= 11 is 0. The molecular weight excluding hydrogens is 819 g/mol. The van der Waals surface area contributed by atoms with Gasteiger partial charge in [0.25, 0.3) is 0 Å². The third-order valence-corrected chi connectivity index (χ3v) is 13.3. The van der Waals surface area contributed by atoms with Crippen LogP contribution in [0.3, 0.4) is 0 Å². The van der Waals surface area contributed by atoms with Crippen molar-refractivity contribution in [2.75, 3.05) is 0 Å². The Morgan fingerprint density at radius 2 is 0.925 bits per heavy atom. The summed E-state index contributed by atoms with van der Waals surface area (Å²) in [5.41, 5.74) is 12.7. The van der Waals surface area contributed by atoms with E-state index in [0.29, 0.717) is 23.1 Å². The van der Waals surface area contributed by atoms with E-state index in [1.165, 1.54) is 21.5 Å². The molecule has 0 radical (unpaired) electrons. The average molecular weight is 856 g/mol. The van der Waals surface area contributed by atoms with Gasteiger partial charge in [0.2, 0.25) is 0 Å². The molecule has 14 aromatic rings. The first kappa shape index (κ1) is 37.3. The van der Waals surface area contributed by atoms with E-state index >= 15 is 0 Å². The van der Waals surface area contributed by atoms with Crippen molar-refractivity contribution < 1.29 is 4.42 Å². The number of benzene rings is 10. The Kier molecular flexibility index (Phi) is 8.18. The maximum Gasteiger partial charge on any atom is 0.167 e. The summed E-state index contributed by atoms with van der Waals surface area (Å²) in [5, 5.41) is 9.08. The molecule has 6 nitrogen and oxygen atoms in total. The monoisotopic (exact) mass is 855 g/mol. The first-order valence-corrected chi connectivity index (χ1v) is 22.6. The van der Waals surface area contributed by atoms with Gasteiger partial charge in [-0.05, 0) is 88.6 Å². The molecule has 0 atom stereocenters. The summed E-state index contributed by atoms with van der Waals surface area (Å²) in [6, 6.07) is 79.0. The molecule has 0 fully saturated rings. The fraction of sp³-hybridized carbons (Fsp3) is 0. The second kappa shape index (κ2) is 14.7. The van der Waals surface area contributed by atoms with Crippen LogP contribution in [0.25, 0.3) is 133 Å². The first-order valence-electron chi connectivity index (χ1n) is 22.6. The quantitative estimate of drug-likeness (QED) is 0.167. The predicted molar refractivity (Wildman–Crippen MR) is 275 cm³/mol. The molecule has 67 heavy (non-hydrogen) atoms. The fourth-order valence-electron chi connectivity index (χ4n) is 10.3. The topological polar surface area (TPSA) is 61.7 Å². The molecule has 4 heterocycles. The largest absolute Gasteiger partial charge is 0.455 e. The molecule has 312 valence electrons. The minimum absolute atomic E-state index is 0.522. The summed E-state index contributed by atoms with van der Waals surface area (Å²) in [4.78, 5) is 16.3. The zero-order valence-electron chi connectivity index (χ0n) is 36.0. The van der Waals surface area contributed by atoms with Crippen LogP contribution in [0.2, 0.25) is 0 Å². The number of fused-ring (bicyclic) bond motifs is 10. The zero-order valence-corrected chi connectivity index (χ0v) is 36.0. The zero-order chi connectivity index (χ0) is 44.0. The molecular formula is C61H37N5O. The molecule has 4 aromatic heterocycles. The molecule has 10 aromatic carbocycles. The molecule has 6 heteroatoms. The smallest absolute Gasteiger partial charge is 0.167 e. The standard InChI is InChI=1S/C61H37N5O/c1-3-17-38(18-4-1)39-21-15-22-42(35-39)59-62-60(48-29-16-28-46-44-25-9-12-30-51(44)65(57(46)48)43-23-5-2-6-24-43)64-61(63-59)49-33-34-53(56-47-27-11-14-32-55(47)67-58(49)56)66-52-31-13-10-26-45(52)50-36-40-19-7-8-20-41(40)37-54(50)66/h1-37H. The van der Waals surface area contributed by atoms with E-state index in [2.05, 4.69) is 215 Å². The van der Waals surface area contributed by atoms with Gasteiger partial charge in [-0.3, -0.25) is 0 Å². The van der Waals surface area contributed by atoms with Crippen molar-refractivity contribution in [3.8, 4) is 56.7 Å². The van der Waals surface area contributed by atoms with Gasteiger partial charge >= 0.3 is 0 Å². The Morgan fingerprint density at radius 1 is 0.343 bits per heavy atom. The van der Waals surface area contributed by atoms with Gasteiger partial charge < -0.3 is 13.6 Å². The maximum atomic E-state index is 7.01. The lowest BCUT2D eigenvalue weighted by Gasteiger charge is -2.14. The number of furan rings is 1. The Balaban J connectivity index is 1.06. The van der Waals surface area contributed by atoms with Crippen LogP contribution in [0.4, 0.5) is 0 Å². The van der Waals surface area contributed by atoms with E-state index in [-0.39, 0.29) is 0 Å². The second-order valence-corrected chi connectivity index (χ2v) is 17.1. The van der Waals surface area contributed by atoms with Crippen LogP contribution in [-0.4, -0.2) is 24.1 Å². The highest BCUT2D eigenvalue weighted by Crippen LogP contribution is 2.44. The molecule has 0 bridgehead atoms. The first-order chi connectivity index (χ1) is 33.2. The van der Waals surface area contributed by atoms with Crippen LogP contribution in [0.1, 0.15) is 0 Å². The van der Waals surface area contributed by atoms with E-state index in [0.717, 1.165) is 88.4 Å². The number of hydrogen-bond donors (Lipinski definition) is 0. The van der Waals surface area contributed by atoms with E-state index in [1.807, 2.05) is 18.2 Å². The van der Waals surface area contributed by atoms with Crippen molar-refractivity contribution in [2.45, 2.75) is 0 Å². The van der Waals surface area contributed by atoms with E-state index in [4.69, 9.17) is 19.4 Å². The molecule has 14 rings (SSSR count). The lowest BCUT2D eigenvalue weighted by Crippen LogP contribution is -2.03. The number of aromatic nitrogens is 5. The van der Waals surface area contributed by atoms with Crippen LogP contribution in [0, 0.1) is 0 Å². The number of hydrogen-bond acceptors (Lipinski definition) is 4. The minimum Gasteiger partial charge on any atom is -0.455 e. The van der Waals surface area contributed by atoms with Gasteiger partial charge in [-0.25, -0.2) is 15.0 Å². The van der Waals surface area contributed by atoms with Crippen molar-refractivity contribution >= 4 is 76.3 Å². The van der Waals surface area contributed by atoms with Gasteiger partial charge in [0.15, 0.2) is 17.5 Å². The summed E-state index contributed by atoms with van der Waals surface area (Å²) in [6.07, 6.45) is 0. The van der Waals surface area contributed by atoms with Crippen molar-refractivity contribution in [1.29, 1.82) is 0 Å². The Hall–Kier alpha value is -9.13. The van der Waals surface area contributed by atoms with Crippen LogP contribution in [0.5, 0.6) is 0 Å². The number of nitrogens with zero attached hydrogens (tertiary/aromatic N) is 5. The predicted octanol–water partition coefficient (Wildman–Crippen LogP) is 15.8. The molecule has 0 unspecified atom stereocenters. The van der Waals surface area contributed by atoms with Gasteiger partial charge in [0.1, 0.15) is 11.2 Å². The van der Waals surface area contributed by atoms with Crippen molar-refractivity contribution in [3.05, 3.63) is 224 Å². The summed E-state index contributed by atoms with van der Waals surface area (Å²) in [7, 11) is 0. The second-order valence-electron chi connectivity index (χ2n) is 17.1. The van der Waals surface area contributed by atoms with Gasteiger partial charge in [-0.1, -0.05) is 158 Å². The lowest BCUT2D eigenvalue weighted by molar-refractivity contribution is 0.669. The molecule has 0 saturated heterocycles. The van der Waals surface area contributed by atoms with E-state index in [9.17, 15) is 0 Å².